The average molecular weight is 487 g/mol. The average Bonchev–Trinajstić information content (AvgIpc) is 3.25. The molecule has 0 bridgehead atoms. The van der Waals surface area contributed by atoms with Crippen LogP contribution in [0.1, 0.15) is 12.2 Å². The van der Waals surface area contributed by atoms with Gasteiger partial charge in [0.2, 0.25) is 0 Å². The lowest BCUT2D eigenvalue weighted by Gasteiger charge is -2.21. The van der Waals surface area contributed by atoms with E-state index in [0.717, 1.165) is 48.9 Å². The number of aryl methyl sites for hydroxylation is 1. The van der Waals surface area contributed by atoms with E-state index in [9.17, 15) is 0 Å². The maximum atomic E-state index is 5.67. The largest absolute Gasteiger partial charge is 0.382 e. The molecular formula is C19H30IN5O2. The molecule has 3 rings (SSSR count). The Morgan fingerprint density at radius 3 is 2.89 bits per heavy atom. The highest BCUT2D eigenvalue weighted by Crippen LogP contribution is 2.17. The van der Waals surface area contributed by atoms with Crippen molar-refractivity contribution < 1.29 is 9.47 Å². The fraction of sp³-hybridized carbons (Fsp3) is 0.579. The Balaban J connectivity index is 0.00000261. The Morgan fingerprint density at radius 1 is 1.33 bits per heavy atom. The number of guanidine groups is 1. The maximum Gasteiger partial charge on any atom is 0.194 e. The van der Waals surface area contributed by atoms with Crippen molar-refractivity contribution in [1.82, 2.24) is 19.8 Å². The van der Waals surface area contributed by atoms with Crippen molar-refractivity contribution in [2.75, 3.05) is 47.1 Å². The minimum Gasteiger partial charge on any atom is -0.382 e. The maximum absolute atomic E-state index is 5.67. The van der Waals surface area contributed by atoms with E-state index < -0.39 is 0 Å². The molecule has 150 valence electrons. The Hall–Kier alpha value is -1.39. The number of methoxy groups -OCH3 is 1. The molecule has 27 heavy (non-hydrogen) atoms. The number of para-hydroxylation sites is 2. The Morgan fingerprint density at radius 2 is 2.15 bits per heavy atom. The molecule has 1 unspecified atom stereocenters. The number of hydrogen-bond donors (Lipinski definition) is 1. The first-order valence-electron chi connectivity index (χ1n) is 9.15. The Kier molecular flexibility index (Phi) is 8.78. The smallest absolute Gasteiger partial charge is 0.194 e. The number of likely N-dealkylation sites (tertiary alicyclic amines) is 1. The lowest BCUT2D eigenvalue weighted by atomic mass is 10.1. The van der Waals surface area contributed by atoms with Crippen LogP contribution in [0.4, 0.5) is 0 Å². The van der Waals surface area contributed by atoms with E-state index in [-0.39, 0.29) is 24.0 Å². The molecule has 0 spiro atoms. The standard InChI is InChI=1S/C19H29N5O2.HI/c1-20-19(24-9-8-15(13-24)14-26-11-10-25-3)21-12-18-22-16-6-4-5-7-17(16)23(18)2;/h4-7,15H,8-14H2,1-3H3,(H,20,21);1H. The highest BCUT2D eigenvalue weighted by Gasteiger charge is 2.25. The number of benzene rings is 1. The van der Waals surface area contributed by atoms with E-state index in [2.05, 4.69) is 32.9 Å². The van der Waals surface area contributed by atoms with Gasteiger partial charge < -0.3 is 24.3 Å². The van der Waals surface area contributed by atoms with Crippen LogP contribution in [0.2, 0.25) is 0 Å². The van der Waals surface area contributed by atoms with Crippen LogP contribution in [0.15, 0.2) is 29.3 Å². The van der Waals surface area contributed by atoms with Gasteiger partial charge in [-0.3, -0.25) is 4.99 Å². The van der Waals surface area contributed by atoms with E-state index in [1.165, 1.54) is 0 Å². The third-order valence-corrected chi connectivity index (χ3v) is 4.87. The van der Waals surface area contributed by atoms with Crippen molar-refractivity contribution in [3.05, 3.63) is 30.1 Å². The summed E-state index contributed by atoms with van der Waals surface area (Å²) in [5, 5.41) is 3.46. The van der Waals surface area contributed by atoms with Gasteiger partial charge >= 0.3 is 0 Å². The van der Waals surface area contributed by atoms with Gasteiger partial charge in [0.1, 0.15) is 5.82 Å². The van der Waals surface area contributed by atoms with Crippen molar-refractivity contribution >= 4 is 41.0 Å². The molecule has 0 aliphatic carbocycles. The third kappa shape index (κ3) is 5.55. The summed E-state index contributed by atoms with van der Waals surface area (Å²) in [5.41, 5.74) is 2.17. The fourth-order valence-electron chi connectivity index (χ4n) is 3.40. The molecule has 1 aromatic heterocycles. The molecule has 0 saturated carbocycles. The summed E-state index contributed by atoms with van der Waals surface area (Å²) < 4.78 is 12.8. The number of halogens is 1. The second-order valence-corrected chi connectivity index (χ2v) is 6.64. The van der Waals surface area contributed by atoms with Crippen molar-refractivity contribution in [1.29, 1.82) is 0 Å². The van der Waals surface area contributed by atoms with Crippen LogP contribution in [0.5, 0.6) is 0 Å². The number of nitrogens with zero attached hydrogens (tertiary/aromatic N) is 4. The monoisotopic (exact) mass is 487 g/mol. The van der Waals surface area contributed by atoms with Crippen LogP contribution >= 0.6 is 24.0 Å². The second-order valence-electron chi connectivity index (χ2n) is 6.64. The van der Waals surface area contributed by atoms with Crippen molar-refractivity contribution in [3.8, 4) is 0 Å². The van der Waals surface area contributed by atoms with E-state index in [1.807, 2.05) is 25.2 Å². The quantitative estimate of drug-likeness (QED) is 0.281. The molecule has 1 aliphatic rings. The molecule has 8 heteroatoms. The number of rotatable bonds is 7. The fourth-order valence-corrected chi connectivity index (χ4v) is 3.40. The molecule has 1 N–H and O–H groups in total. The molecule has 1 aromatic carbocycles. The zero-order valence-corrected chi connectivity index (χ0v) is 18.7. The molecule has 2 heterocycles. The molecular weight excluding hydrogens is 457 g/mol. The lowest BCUT2D eigenvalue weighted by Crippen LogP contribution is -2.40. The summed E-state index contributed by atoms with van der Waals surface area (Å²) >= 11 is 0. The number of aliphatic imine (C=N–C) groups is 1. The van der Waals surface area contributed by atoms with Gasteiger partial charge in [0.05, 0.1) is 37.4 Å². The summed E-state index contributed by atoms with van der Waals surface area (Å²) in [6.07, 6.45) is 1.12. The predicted octanol–water partition coefficient (Wildman–Crippen LogP) is 2.25. The molecule has 7 nitrogen and oxygen atoms in total. The predicted molar refractivity (Wildman–Crippen MR) is 119 cm³/mol. The van der Waals surface area contributed by atoms with Gasteiger partial charge in [0, 0.05) is 40.2 Å². The van der Waals surface area contributed by atoms with Gasteiger partial charge in [-0.2, -0.15) is 0 Å². The zero-order valence-electron chi connectivity index (χ0n) is 16.4. The summed E-state index contributed by atoms with van der Waals surface area (Å²) in [4.78, 5) is 11.5. The normalized spacial score (nSPS) is 17.4. The Bertz CT molecular complexity index is 749. The molecule has 1 saturated heterocycles. The number of hydrogen-bond acceptors (Lipinski definition) is 4. The molecule has 1 fully saturated rings. The minimum atomic E-state index is 0. The topological polar surface area (TPSA) is 63.9 Å². The van der Waals surface area contributed by atoms with Crippen LogP contribution in [0, 0.1) is 5.92 Å². The SMILES string of the molecule is CN=C(NCc1nc2ccccc2n1C)N1CCC(COCCOC)C1.I. The first-order chi connectivity index (χ1) is 12.7. The van der Waals surface area contributed by atoms with Gasteiger partial charge in [-0.15, -0.1) is 24.0 Å². The molecule has 2 aromatic rings. The lowest BCUT2D eigenvalue weighted by molar-refractivity contribution is 0.0536. The van der Waals surface area contributed by atoms with Crippen molar-refractivity contribution in [2.24, 2.45) is 18.0 Å². The number of aromatic nitrogens is 2. The van der Waals surface area contributed by atoms with Crippen LogP contribution in [0.25, 0.3) is 11.0 Å². The Labute approximate surface area is 178 Å². The summed E-state index contributed by atoms with van der Waals surface area (Å²) in [7, 11) is 5.58. The van der Waals surface area contributed by atoms with Gasteiger partial charge in [-0.05, 0) is 18.6 Å². The molecule has 1 atom stereocenters. The first-order valence-corrected chi connectivity index (χ1v) is 9.15. The minimum absolute atomic E-state index is 0. The van der Waals surface area contributed by atoms with Crippen molar-refractivity contribution in [3.63, 3.8) is 0 Å². The molecule has 0 radical (unpaired) electrons. The third-order valence-electron chi connectivity index (χ3n) is 4.87. The molecule has 0 amide bonds. The number of fused-ring (bicyclic) bond motifs is 1. The number of ether oxygens (including phenoxy) is 2. The van der Waals surface area contributed by atoms with Crippen LogP contribution in [0.3, 0.4) is 0 Å². The highest BCUT2D eigenvalue weighted by molar-refractivity contribution is 14.0. The van der Waals surface area contributed by atoms with Gasteiger partial charge in [-0.1, -0.05) is 12.1 Å². The second kappa shape index (κ2) is 10.8. The molecule has 1 aliphatic heterocycles. The zero-order chi connectivity index (χ0) is 18.4. The van der Waals surface area contributed by atoms with Crippen LogP contribution in [-0.4, -0.2) is 67.5 Å². The van der Waals surface area contributed by atoms with Crippen LogP contribution in [-0.2, 0) is 23.1 Å². The highest BCUT2D eigenvalue weighted by atomic mass is 127. The van der Waals surface area contributed by atoms with E-state index in [1.54, 1.807) is 7.11 Å². The van der Waals surface area contributed by atoms with E-state index in [4.69, 9.17) is 14.5 Å². The summed E-state index contributed by atoms with van der Waals surface area (Å²) in [6, 6.07) is 8.20. The summed E-state index contributed by atoms with van der Waals surface area (Å²) in [6.45, 7) is 4.71. The van der Waals surface area contributed by atoms with Gasteiger partial charge in [0.15, 0.2) is 5.96 Å². The van der Waals surface area contributed by atoms with E-state index >= 15 is 0 Å². The van der Waals surface area contributed by atoms with Gasteiger partial charge in [0.25, 0.3) is 0 Å². The number of nitrogens with one attached hydrogen (secondary N) is 1. The van der Waals surface area contributed by atoms with Crippen LogP contribution < -0.4 is 5.32 Å². The number of imidazole rings is 1. The first kappa shape index (κ1) is 21.9. The van der Waals surface area contributed by atoms with E-state index in [0.29, 0.717) is 25.7 Å². The summed E-state index contributed by atoms with van der Waals surface area (Å²) in [5.74, 6) is 2.48. The van der Waals surface area contributed by atoms with Gasteiger partial charge in [-0.25, -0.2) is 4.98 Å². The van der Waals surface area contributed by atoms with Crippen molar-refractivity contribution in [2.45, 2.75) is 13.0 Å².